The second-order valence-corrected chi connectivity index (χ2v) is 3.13. The number of hydrogen-bond acceptors (Lipinski definition) is 1. The van der Waals surface area contributed by atoms with Crippen molar-refractivity contribution < 1.29 is 11.3 Å². The number of hydrogen-bond donors (Lipinski definition) is 1. The summed E-state index contributed by atoms with van der Waals surface area (Å²) in [5, 5.41) is 9.09. The van der Waals surface area contributed by atoms with E-state index in [-0.39, 0.29) is 11.6 Å². The summed E-state index contributed by atoms with van der Waals surface area (Å²) in [6.07, 6.45) is 0. The zero-order valence-electron chi connectivity index (χ0n) is 8.97. The predicted octanol–water partition coefficient (Wildman–Crippen LogP) is 3.05. The Morgan fingerprint density at radius 1 is 1.07 bits per heavy atom. The van der Waals surface area contributed by atoms with Gasteiger partial charge in [0.25, 0.3) is 0 Å². The molecule has 2 aromatic rings. The van der Waals surface area contributed by atoms with Crippen LogP contribution in [0.15, 0.2) is 54.6 Å². The Morgan fingerprint density at radius 2 is 1.73 bits per heavy atom. The fraction of sp³-hybridized carbons (Fsp3) is 0. The molecule has 2 aromatic carbocycles. The van der Waals surface area contributed by atoms with Crippen molar-refractivity contribution in [3.63, 3.8) is 0 Å². The van der Waals surface area contributed by atoms with Crippen LogP contribution in [0.3, 0.4) is 0 Å². The summed E-state index contributed by atoms with van der Waals surface area (Å²) in [5.74, 6) is -1.07. The second-order valence-electron chi connectivity index (χ2n) is 3.13. The van der Waals surface area contributed by atoms with Crippen LogP contribution < -0.4 is 0 Å². The maximum Gasteiger partial charge on any atom is 0.336 e. The summed E-state index contributed by atoms with van der Waals surface area (Å²) in [5.41, 5.74) is 1.45. The Bertz CT molecular complexity index is 521. The van der Waals surface area contributed by atoms with Crippen molar-refractivity contribution in [1.82, 2.24) is 0 Å². The molecule has 0 heterocycles. The maximum absolute atomic E-state index is 11.1. The van der Waals surface area contributed by atoms with Crippen LogP contribution in [0.25, 0.3) is 11.1 Å². The van der Waals surface area contributed by atoms with Gasteiger partial charge in [0, 0.05) is 0 Å². The molecular formula is C13H10O2. The fourth-order valence-corrected chi connectivity index (χ4v) is 1.47. The van der Waals surface area contributed by atoms with Gasteiger partial charge in [0.2, 0.25) is 0 Å². The fourth-order valence-electron chi connectivity index (χ4n) is 1.47. The quantitative estimate of drug-likeness (QED) is 0.807. The molecule has 0 fully saturated rings. The molecule has 0 radical (unpaired) electrons. The van der Waals surface area contributed by atoms with Crippen LogP contribution in [0.5, 0.6) is 0 Å². The lowest BCUT2D eigenvalue weighted by Crippen LogP contribution is -1.98. The van der Waals surface area contributed by atoms with Crippen molar-refractivity contribution in [2.75, 3.05) is 0 Å². The van der Waals surface area contributed by atoms with Gasteiger partial charge in [0.1, 0.15) is 0 Å². The smallest absolute Gasteiger partial charge is 0.336 e. The molecule has 0 saturated heterocycles. The summed E-state index contributed by atoms with van der Waals surface area (Å²) >= 11 is 0. The Balaban J connectivity index is 2.66. The van der Waals surface area contributed by atoms with Gasteiger partial charge in [0.05, 0.1) is 6.93 Å². The average Bonchev–Trinajstić information content (AvgIpc) is 2.29. The van der Waals surface area contributed by atoms with E-state index >= 15 is 0 Å². The van der Waals surface area contributed by atoms with Gasteiger partial charge < -0.3 is 5.11 Å². The highest BCUT2D eigenvalue weighted by Gasteiger charge is 2.09. The molecule has 74 valence electrons. The van der Waals surface area contributed by atoms with Crippen molar-refractivity contribution in [3.8, 4) is 11.1 Å². The highest BCUT2D eigenvalue weighted by Crippen LogP contribution is 2.22. The average molecular weight is 199 g/mol. The van der Waals surface area contributed by atoms with Gasteiger partial charge in [-0.3, -0.25) is 0 Å². The predicted molar refractivity (Wildman–Crippen MR) is 58.8 cm³/mol. The Morgan fingerprint density at radius 3 is 2.40 bits per heavy atom. The highest BCUT2D eigenvalue weighted by atomic mass is 16.4. The summed E-state index contributed by atoms with van der Waals surface area (Å²) in [6.45, 7) is 0. The number of carbonyl (C=O) groups is 1. The molecular weight excluding hydrogens is 188 g/mol. The van der Waals surface area contributed by atoms with Gasteiger partial charge in [-0.15, -0.1) is 0 Å². The third-order valence-electron chi connectivity index (χ3n) is 2.15. The van der Waals surface area contributed by atoms with Crippen LogP contribution >= 0.6 is 0 Å². The van der Waals surface area contributed by atoms with E-state index in [1.165, 1.54) is 6.07 Å². The van der Waals surface area contributed by atoms with Crippen molar-refractivity contribution in [3.05, 3.63) is 60.1 Å². The standard InChI is InChI=1S/C13H10O2/c14-13(15)12-9-5-4-8-11(12)10-6-2-1-3-7-10/h1-9H,(H,14,15)/i9D. The molecule has 2 nitrogen and oxygen atoms in total. The van der Waals surface area contributed by atoms with E-state index in [9.17, 15) is 4.79 Å². The lowest BCUT2D eigenvalue weighted by Gasteiger charge is -2.05. The molecule has 0 aliphatic carbocycles. The van der Waals surface area contributed by atoms with Crippen LogP contribution in [0.4, 0.5) is 0 Å². The molecule has 2 rings (SSSR count). The van der Waals surface area contributed by atoms with Gasteiger partial charge in [-0.25, -0.2) is 4.79 Å². The topological polar surface area (TPSA) is 37.3 Å². The van der Waals surface area contributed by atoms with Crippen molar-refractivity contribution in [2.24, 2.45) is 0 Å². The zero-order valence-corrected chi connectivity index (χ0v) is 7.97. The van der Waals surface area contributed by atoms with Crippen LogP contribution in [0.1, 0.15) is 11.7 Å². The molecule has 0 bridgehead atoms. The number of aromatic carboxylic acids is 1. The molecule has 2 heteroatoms. The van der Waals surface area contributed by atoms with Crippen molar-refractivity contribution >= 4 is 5.97 Å². The van der Waals surface area contributed by atoms with E-state index in [0.717, 1.165) is 5.56 Å². The van der Waals surface area contributed by atoms with Gasteiger partial charge >= 0.3 is 5.97 Å². The van der Waals surface area contributed by atoms with Crippen LogP contribution in [0, 0.1) is 0 Å². The molecule has 0 saturated carbocycles. The third kappa shape index (κ3) is 1.89. The molecule has 1 N–H and O–H groups in total. The molecule has 0 spiro atoms. The van der Waals surface area contributed by atoms with E-state index in [1.807, 2.05) is 30.3 Å². The normalized spacial score (nSPS) is 10.8. The SMILES string of the molecule is [2H]c1cccc(-c2ccccc2)c1C(=O)O. The lowest BCUT2D eigenvalue weighted by atomic mass is 10.00. The van der Waals surface area contributed by atoms with E-state index in [4.69, 9.17) is 6.48 Å². The Kier molecular flexibility index (Phi) is 2.18. The minimum atomic E-state index is -1.07. The zero-order chi connectivity index (χ0) is 11.5. The first-order valence-electron chi connectivity index (χ1n) is 5.08. The number of carboxylic acid groups (broad SMARTS) is 1. The Labute approximate surface area is 89.2 Å². The first-order valence-corrected chi connectivity index (χ1v) is 4.58. The molecule has 0 aromatic heterocycles. The summed E-state index contributed by atoms with van der Waals surface area (Å²) in [7, 11) is 0. The van der Waals surface area contributed by atoms with E-state index in [0.29, 0.717) is 5.56 Å². The molecule has 0 amide bonds. The van der Waals surface area contributed by atoms with E-state index < -0.39 is 5.97 Å². The molecule has 0 aliphatic rings. The van der Waals surface area contributed by atoms with Crippen molar-refractivity contribution in [2.45, 2.75) is 0 Å². The third-order valence-corrected chi connectivity index (χ3v) is 2.15. The van der Waals surface area contributed by atoms with Gasteiger partial charge in [-0.2, -0.15) is 0 Å². The van der Waals surface area contributed by atoms with Gasteiger partial charge in [-0.05, 0) is 17.2 Å². The van der Waals surface area contributed by atoms with E-state index in [2.05, 4.69) is 0 Å². The minimum absolute atomic E-state index is 0.0360. The van der Waals surface area contributed by atoms with Crippen LogP contribution in [-0.2, 0) is 0 Å². The largest absolute Gasteiger partial charge is 0.478 e. The summed E-state index contributed by atoms with van der Waals surface area (Å²) in [4.78, 5) is 11.1. The molecule has 0 atom stereocenters. The monoisotopic (exact) mass is 199 g/mol. The maximum atomic E-state index is 11.1. The van der Waals surface area contributed by atoms with Crippen LogP contribution in [0.2, 0.25) is 0 Å². The lowest BCUT2D eigenvalue weighted by molar-refractivity contribution is 0.0698. The number of carboxylic acids is 1. The second kappa shape index (κ2) is 3.96. The number of rotatable bonds is 2. The Hall–Kier alpha value is -2.09. The molecule has 15 heavy (non-hydrogen) atoms. The first kappa shape index (κ1) is 8.24. The highest BCUT2D eigenvalue weighted by molar-refractivity contribution is 5.95. The summed E-state index contributed by atoms with van der Waals surface area (Å²) < 4.78 is 7.61. The first-order chi connectivity index (χ1) is 7.70. The van der Waals surface area contributed by atoms with Gasteiger partial charge in [-0.1, -0.05) is 48.5 Å². The molecule has 0 aliphatic heterocycles. The van der Waals surface area contributed by atoms with Gasteiger partial charge in [0.15, 0.2) is 0 Å². The van der Waals surface area contributed by atoms with Crippen molar-refractivity contribution in [1.29, 1.82) is 0 Å². The molecule has 0 unspecified atom stereocenters. The number of benzene rings is 2. The van der Waals surface area contributed by atoms with E-state index in [1.54, 1.807) is 12.1 Å². The van der Waals surface area contributed by atoms with Crippen LogP contribution in [-0.4, -0.2) is 11.1 Å². The minimum Gasteiger partial charge on any atom is -0.478 e. The summed E-state index contributed by atoms with van der Waals surface area (Å²) in [6, 6.07) is 14.2.